The normalized spacial score (nSPS) is 15.2. The van der Waals surface area contributed by atoms with Crippen LogP contribution in [0.4, 0.5) is 5.82 Å². The Morgan fingerprint density at radius 3 is 2.76 bits per heavy atom. The molecule has 1 aliphatic rings. The Balaban J connectivity index is 1.42. The van der Waals surface area contributed by atoms with E-state index in [4.69, 9.17) is 0 Å². The zero-order valence-electron chi connectivity index (χ0n) is 14.7. The number of hydrogen-bond donors (Lipinski definition) is 2. The summed E-state index contributed by atoms with van der Waals surface area (Å²) in [7, 11) is 1.66. The van der Waals surface area contributed by atoms with Crippen LogP contribution in [-0.2, 0) is 6.42 Å². The smallest absolute Gasteiger partial charge is 0.251 e. The molecule has 1 aliphatic heterocycles. The zero-order chi connectivity index (χ0) is 17.5. The molecule has 0 radical (unpaired) electrons. The number of rotatable bonds is 6. The Morgan fingerprint density at radius 1 is 1.20 bits per heavy atom. The van der Waals surface area contributed by atoms with Crippen LogP contribution in [0.25, 0.3) is 0 Å². The Bertz CT molecular complexity index is 681. The van der Waals surface area contributed by atoms with E-state index in [1.165, 1.54) is 5.56 Å². The van der Waals surface area contributed by atoms with Crippen molar-refractivity contribution in [3.05, 3.63) is 59.8 Å². The van der Waals surface area contributed by atoms with Gasteiger partial charge in [-0.1, -0.05) is 18.2 Å². The highest BCUT2D eigenvalue weighted by Gasteiger charge is 2.19. The third-order valence-corrected chi connectivity index (χ3v) is 4.73. The first-order valence-electron chi connectivity index (χ1n) is 8.96. The second kappa shape index (κ2) is 8.62. The van der Waals surface area contributed by atoms with Crippen LogP contribution >= 0.6 is 0 Å². The first-order valence-corrected chi connectivity index (χ1v) is 8.96. The SMILES string of the molecule is CNC(=O)c1cccc(CCNC2CCN(c3ccccn3)CC2)c1. The maximum absolute atomic E-state index is 11.7. The highest BCUT2D eigenvalue weighted by molar-refractivity contribution is 5.94. The third kappa shape index (κ3) is 4.79. The minimum absolute atomic E-state index is 0.0308. The maximum Gasteiger partial charge on any atom is 0.251 e. The number of anilines is 1. The van der Waals surface area contributed by atoms with Gasteiger partial charge in [-0.15, -0.1) is 0 Å². The first kappa shape index (κ1) is 17.4. The molecule has 2 aromatic rings. The molecular weight excluding hydrogens is 312 g/mol. The molecule has 0 spiro atoms. The van der Waals surface area contributed by atoms with Crippen molar-refractivity contribution in [1.82, 2.24) is 15.6 Å². The Morgan fingerprint density at radius 2 is 2.04 bits per heavy atom. The van der Waals surface area contributed by atoms with Crippen molar-refractivity contribution >= 4 is 11.7 Å². The Kier molecular flexibility index (Phi) is 6.01. The van der Waals surface area contributed by atoms with Crippen LogP contribution < -0.4 is 15.5 Å². The van der Waals surface area contributed by atoms with Gasteiger partial charge in [0.25, 0.3) is 5.91 Å². The van der Waals surface area contributed by atoms with Gasteiger partial charge in [-0.25, -0.2) is 4.98 Å². The summed E-state index contributed by atoms with van der Waals surface area (Å²) in [5.41, 5.74) is 1.92. The summed E-state index contributed by atoms with van der Waals surface area (Å²) in [6.45, 7) is 3.02. The molecule has 1 aromatic heterocycles. The summed E-state index contributed by atoms with van der Waals surface area (Å²) in [5, 5.41) is 6.33. The van der Waals surface area contributed by atoms with E-state index in [1.807, 2.05) is 36.5 Å². The van der Waals surface area contributed by atoms with Crippen LogP contribution in [0.15, 0.2) is 48.7 Å². The predicted molar refractivity (Wildman–Crippen MR) is 101 cm³/mol. The molecule has 5 heteroatoms. The topological polar surface area (TPSA) is 57.3 Å². The van der Waals surface area contributed by atoms with Gasteiger partial charge in [-0.05, 0) is 55.6 Å². The lowest BCUT2D eigenvalue weighted by molar-refractivity contribution is 0.0963. The fraction of sp³-hybridized carbons (Fsp3) is 0.400. The largest absolute Gasteiger partial charge is 0.357 e. The van der Waals surface area contributed by atoms with Crippen LogP contribution in [0, 0.1) is 0 Å². The van der Waals surface area contributed by atoms with Gasteiger partial charge in [0.1, 0.15) is 5.82 Å². The molecule has 1 fully saturated rings. The molecule has 0 saturated carbocycles. The van der Waals surface area contributed by atoms with Crippen LogP contribution in [0.3, 0.4) is 0 Å². The number of piperidine rings is 1. The minimum Gasteiger partial charge on any atom is -0.357 e. The van der Waals surface area contributed by atoms with Crippen molar-refractivity contribution in [3.8, 4) is 0 Å². The summed E-state index contributed by atoms with van der Waals surface area (Å²) in [6, 6.07) is 14.5. The van der Waals surface area contributed by atoms with E-state index in [9.17, 15) is 4.79 Å². The maximum atomic E-state index is 11.7. The molecule has 5 nitrogen and oxygen atoms in total. The number of amides is 1. The van der Waals surface area contributed by atoms with Gasteiger partial charge in [0, 0.05) is 37.9 Å². The second-order valence-electron chi connectivity index (χ2n) is 6.43. The summed E-state index contributed by atoms with van der Waals surface area (Å²) < 4.78 is 0. The van der Waals surface area contributed by atoms with E-state index in [0.29, 0.717) is 6.04 Å². The number of nitrogens with zero attached hydrogens (tertiary/aromatic N) is 2. The molecular formula is C20H26N4O. The zero-order valence-corrected chi connectivity index (χ0v) is 14.7. The number of aromatic nitrogens is 1. The minimum atomic E-state index is -0.0308. The number of carbonyl (C=O) groups is 1. The lowest BCUT2D eigenvalue weighted by atomic mass is 10.0. The average molecular weight is 338 g/mol. The number of pyridine rings is 1. The van der Waals surface area contributed by atoms with Gasteiger partial charge in [-0.2, -0.15) is 0 Å². The lowest BCUT2D eigenvalue weighted by Crippen LogP contribution is -2.43. The molecule has 2 N–H and O–H groups in total. The van der Waals surface area contributed by atoms with Gasteiger partial charge in [0.15, 0.2) is 0 Å². The fourth-order valence-electron chi connectivity index (χ4n) is 3.29. The predicted octanol–water partition coefficient (Wildman–Crippen LogP) is 2.24. The highest BCUT2D eigenvalue weighted by atomic mass is 16.1. The molecule has 1 saturated heterocycles. The molecule has 2 heterocycles. The van der Waals surface area contributed by atoms with Gasteiger partial charge >= 0.3 is 0 Å². The van der Waals surface area contributed by atoms with E-state index in [-0.39, 0.29) is 5.91 Å². The molecule has 0 unspecified atom stereocenters. The van der Waals surface area contributed by atoms with E-state index >= 15 is 0 Å². The van der Waals surface area contributed by atoms with E-state index < -0.39 is 0 Å². The molecule has 1 amide bonds. The number of hydrogen-bond acceptors (Lipinski definition) is 4. The van der Waals surface area contributed by atoms with Crippen molar-refractivity contribution in [1.29, 1.82) is 0 Å². The van der Waals surface area contributed by atoms with Crippen LogP contribution in [0.2, 0.25) is 0 Å². The number of benzene rings is 1. The molecule has 0 atom stereocenters. The molecule has 0 aliphatic carbocycles. The van der Waals surface area contributed by atoms with Crippen LogP contribution in [-0.4, -0.2) is 43.6 Å². The van der Waals surface area contributed by atoms with Gasteiger partial charge in [-0.3, -0.25) is 4.79 Å². The second-order valence-corrected chi connectivity index (χ2v) is 6.43. The van der Waals surface area contributed by atoms with Crippen molar-refractivity contribution in [3.63, 3.8) is 0 Å². The highest BCUT2D eigenvalue weighted by Crippen LogP contribution is 2.17. The van der Waals surface area contributed by atoms with Gasteiger partial charge in [0.2, 0.25) is 0 Å². The monoisotopic (exact) mass is 338 g/mol. The van der Waals surface area contributed by atoms with Crippen molar-refractivity contribution in [2.75, 3.05) is 31.6 Å². The standard InChI is InChI=1S/C20H26N4O/c1-21-20(25)17-6-4-5-16(15-17)8-12-22-18-9-13-24(14-10-18)19-7-2-3-11-23-19/h2-7,11,15,18,22H,8-10,12-14H2,1H3,(H,21,25). The number of nitrogens with one attached hydrogen (secondary N) is 2. The lowest BCUT2D eigenvalue weighted by Gasteiger charge is -2.33. The van der Waals surface area contributed by atoms with Crippen molar-refractivity contribution in [2.45, 2.75) is 25.3 Å². The average Bonchev–Trinajstić information content (AvgIpc) is 2.69. The number of carbonyl (C=O) groups excluding carboxylic acids is 1. The molecule has 25 heavy (non-hydrogen) atoms. The first-order chi connectivity index (χ1) is 12.3. The van der Waals surface area contributed by atoms with Crippen LogP contribution in [0.5, 0.6) is 0 Å². The van der Waals surface area contributed by atoms with E-state index in [0.717, 1.165) is 50.3 Å². The van der Waals surface area contributed by atoms with Gasteiger partial charge in [0.05, 0.1) is 0 Å². The molecule has 132 valence electrons. The van der Waals surface area contributed by atoms with Crippen molar-refractivity contribution in [2.24, 2.45) is 0 Å². The summed E-state index contributed by atoms with van der Waals surface area (Å²) in [4.78, 5) is 18.5. The fourth-order valence-corrected chi connectivity index (χ4v) is 3.29. The van der Waals surface area contributed by atoms with Crippen molar-refractivity contribution < 1.29 is 4.79 Å². The molecule has 1 aromatic carbocycles. The quantitative estimate of drug-likeness (QED) is 0.848. The Labute approximate surface area is 149 Å². The third-order valence-electron chi connectivity index (χ3n) is 4.73. The molecule has 3 rings (SSSR count). The van der Waals surface area contributed by atoms with Crippen LogP contribution in [0.1, 0.15) is 28.8 Å². The Hall–Kier alpha value is -2.40. The molecule has 0 bridgehead atoms. The van der Waals surface area contributed by atoms with Gasteiger partial charge < -0.3 is 15.5 Å². The van der Waals surface area contributed by atoms with E-state index in [1.54, 1.807) is 7.05 Å². The van der Waals surface area contributed by atoms with E-state index in [2.05, 4.69) is 32.7 Å². The summed E-state index contributed by atoms with van der Waals surface area (Å²) >= 11 is 0. The summed E-state index contributed by atoms with van der Waals surface area (Å²) in [6.07, 6.45) is 5.06. The summed E-state index contributed by atoms with van der Waals surface area (Å²) in [5.74, 6) is 1.05.